The Bertz CT molecular complexity index is 668. The van der Waals surface area contributed by atoms with Crippen molar-refractivity contribution in [2.45, 2.75) is 19.9 Å². The van der Waals surface area contributed by atoms with Crippen LogP contribution in [0.1, 0.15) is 34.5 Å². The Morgan fingerprint density at radius 2 is 1.86 bits per heavy atom. The van der Waals surface area contributed by atoms with Crippen LogP contribution in [-0.2, 0) is 0 Å². The van der Waals surface area contributed by atoms with Gasteiger partial charge in [-0.15, -0.1) is 0 Å². The highest BCUT2D eigenvalue weighted by molar-refractivity contribution is 9.10. The van der Waals surface area contributed by atoms with Crippen LogP contribution >= 0.6 is 15.9 Å². The summed E-state index contributed by atoms with van der Waals surface area (Å²) in [5.41, 5.74) is 1.97. The number of hydrogen-bond acceptors (Lipinski definition) is 1. The molecule has 1 N–H and O–H groups in total. The third-order valence-electron chi connectivity index (χ3n) is 3.10. The lowest BCUT2D eigenvalue weighted by Crippen LogP contribution is -2.26. The zero-order chi connectivity index (χ0) is 15.6. The number of hydrogen-bond donors (Lipinski definition) is 1. The zero-order valence-electron chi connectivity index (χ0n) is 11.6. The predicted octanol–water partition coefficient (Wildman–Crippen LogP) is 4.53. The standard InChI is InChI=1S/C16H14BrF2NO/c1-9-5-12(7-13(17)6-9)16(21)20-10(2)11-3-4-14(18)15(19)8-11/h3-8,10H,1-2H3,(H,20,21). The third-order valence-corrected chi connectivity index (χ3v) is 3.55. The van der Waals surface area contributed by atoms with Crippen molar-refractivity contribution in [1.82, 2.24) is 5.32 Å². The normalized spacial score (nSPS) is 12.0. The quantitative estimate of drug-likeness (QED) is 0.862. The number of carbonyl (C=O) groups is 1. The summed E-state index contributed by atoms with van der Waals surface area (Å²) in [7, 11) is 0. The Balaban J connectivity index is 2.16. The maximum atomic E-state index is 13.2. The minimum Gasteiger partial charge on any atom is -0.346 e. The Morgan fingerprint density at radius 1 is 1.14 bits per heavy atom. The van der Waals surface area contributed by atoms with Crippen LogP contribution in [0.5, 0.6) is 0 Å². The van der Waals surface area contributed by atoms with Gasteiger partial charge in [-0.2, -0.15) is 0 Å². The minimum atomic E-state index is -0.924. The van der Waals surface area contributed by atoms with Crippen LogP contribution in [-0.4, -0.2) is 5.91 Å². The summed E-state index contributed by atoms with van der Waals surface area (Å²) in [5.74, 6) is -2.09. The van der Waals surface area contributed by atoms with Gasteiger partial charge in [0.2, 0.25) is 0 Å². The molecule has 2 rings (SSSR count). The second kappa shape index (κ2) is 6.35. The van der Waals surface area contributed by atoms with Crippen molar-refractivity contribution >= 4 is 21.8 Å². The minimum absolute atomic E-state index is 0.267. The van der Waals surface area contributed by atoms with E-state index >= 15 is 0 Å². The molecule has 2 aromatic carbocycles. The number of aryl methyl sites for hydroxylation is 1. The maximum Gasteiger partial charge on any atom is 0.251 e. The first-order valence-electron chi connectivity index (χ1n) is 6.40. The van der Waals surface area contributed by atoms with E-state index in [1.165, 1.54) is 6.07 Å². The van der Waals surface area contributed by atoms with E-state index in [2.05, 4.69) is 21.2 Å². The summed E-state index contributed by atoms with van der Waals surface area (Å²) >= 11 is 3.34. The monoisotopic (exact) mass is 353 g/mol. The highest BCUT2D eigenvalue weighted by Gasteiger charge is 2.14. The van der Waals surface area contributed by atoms with E-state index in [0.29, 0.717) is 11.1 Å². The third kappa shape index (κ3) is 3.88. The first-order valence-corrected chi connectivity index (χ1v) is 7.19. The van der Waals surface area contributed by atoms with Crippen molar-refractivity contribution in [3.05, 3.63) is 69.2 Å². The molecule has 110 valence electrons. The molecule has 0 bridgehead atoms. The number of rotatable bonds is 3. The summed E-state index contributed by atoms with van der Waals surface area (Å²) < 4.78 is 26.9. The molecular formula is C16H14BrF2NO. The lowest BCUT2D eigenvalue weighted by Gasteiger charge is -2.15. The highest BCUT2D eigenvalue weighted by Crippen LogP contribution is 2.18. The van der Waals surface area contributed by atoms with E-state index in [4.69, 9.17) is 0 Å². The van der Waals surface area contributed by atoms with Crippen LogP contribution in [0.2, 0.25) is 0 Å². The van der Waals surface area contributed by atoms with Crippen molar-refractivity contribution in [1.29, 1.82) is 0 Å². The zero-order valence-corrected chi connectivity index (χ0v) is 13.2. The predicted molar refractivity (Wildman–Crippen MR) is 81.1 cm³/mol. The van der Waals surface area contributed by atoms with Crippen LogP contribution in [0.3, 0.4) is 0 Å². The molecule has 2 aromatic rings. The summed E-state index contributed by atoms with van der Waals surface area (Å²) in [6.07, 6.45) is 0. The van der Waals surface area contributed by atoms with Crippen LogP contribution < -0.4 is 5.32 Å². The fraction of sp³-hybridized carbons (Fsp3) is 0.188. The summed E-state index contributed by atoms with van der Waals surface area (Å²) in [6.45, 7) is 3.61. The van der Waals surface area contributed by atoms with Crippen LogP contribution in [0.25, 0.3) is 0 Å². The van der Waals surface area contributed by atoms with Gasteiger partial charge >= 0.3 is 0 Å². The second-order valence-corrected chi connectivity index (χ2v) is 5.80. The first-order chi connectivity index (χ1) is 9.86. The Kier molecular flexibility index (Phi) is 4.73. The molecule has 5 heteroatoms. The van der Waals surface area contributed by atoms with Crippen LogP contribution in [0, 0.1) is 18.6 Å². The largest absolute Gasteiger partial charge is 0.346 e. The molecule has 0 aliphatic carbocycles. The molecule has 1 amide bonds. The van der Waals surface area contributed by atoms with E-state index in [1.807, 2.05) is 13.0 Å². The SMILES string of the molecule is Cc1cc(Br)cc(C(=O)NC(C)c2ccc(F)c(F)c2)c1. The summed E-state index contributed by atoms with van der Waals surface area (Å²) in [6, 6.07) is 8.54. The Morgan fingerprint density at radius 3 is 2.48 bits per heavy atom. The molecule has 0 saturated carbocycles. The van der Waals surface area contributed by atoms with Gasteiger partial charge in [-0.05, 0) is 55.3 Å². The fourth-order valence-corrected chi connectivity index (χ4v) is 2.62. The average molecular weight is 354 g/mol. The van der Waals surface area contributed by atoms with Crippen molar-refractivity contribution in [2.75, 3.05) is 0 Å². The number of benzene rings is 2. The molecule has 0 aliphatic rings. The van der Waals surface area contributed by atoms with Crippen molar-refractivity contribution in [2.24, 2.45) is 0 Å². The maximum absolute atomic E-state index is 13.2. The molecule has 0 aliphatic heterocycles. The van der Waals surface area contributed by atoms with E-state index in [0.717, 1.165) is 22.2 Å². The van der Waals surface area contributed by atoms with E-state index in [9.17, 15) is 13.6 Å². The first kappa shape index (κ1) is 15.6. The van der Waals surface area contributed by atoms with Crippen molar-refractivity contribution < 1.29 is 13.6 Å². The Labute approximate surface area is 130 Å². The van der Waals surface area contributed by atoms with Gasteiger partial charge in [0.1, 0.15) is 0 Å². The van der Waals surface area contributed by atoms with Gasteiger partial charge in [-0.3, -0.25) is 4.79 Å². The molecule has 0 aromatic heterocycles. The van der Waals surface area contributed by atoms with Crippen LogP contribution in [0.15, 0.2) is 40.9 Å². The molecule has 0 heterocycles. The molecule has 21 heavy (non-hydrogen) atoms. The molecule has 0 fully saturated rings. The lowest BCUT2D eigenvalue weighted by molar-refractivity contribution is 0.0939. The van der Waals surface area contributed by atoms with Gasteiger partial charge in [0.15, 0.2) is 11.6 Å². The Hall–Kier alpha value is -1.75. The van der Waals surface area contributed by atoms with E-state index in [1.54, 1.807) is 19.1 Å². The van der Waals surface area contributed by atoms with Gasteiger partial charge in [-0.1, -0.05) is 22.0 Å². The summed E-state index contributed by atoms with van der Waals surface area (Å²) in [4.78, 5) is 12.2. The average Bonchev–Trinajstić information content (AvgIpc) is 2.40. The number of halogens is 3. The molecule has 1 atom stereocenters. The van der Waals surface area contributed by atoms with Crippen LogP contribution in [0.4, 0.5) is 8.78 Å². The van der Waals surface area contributed by atoms with Gasteiger partial charge < -0.3 is 5.32 Å². The topological polar surface area (TPSA) is 29.1 Å². The lowest BCUT2D eigenvalue weighted by atomic mass is 10.1. The molecule has 0 saturated heterocycles. The molecule has 0 radical (unpaired) electrons. The van der Waals surface area contributed by atoms with Gasteiger partial charge in [0.25, 0.3) is 5.91 Å². The number of nitrogens with one attached hydrogen (secondary N) is 1. The smallest absolute Gasteiger partial charge is 0.251 e. The van der Waals surface area contributed by atoms with E-state index < -0.39 is 17.7 Å². The number of amides is 1. The van der Waals surface area contributed by atoms with Gasteiger partial charge in [0.05, 0.1) is 6.04 Å². The van der Waals surface area contributed by atoms with Gasteiger partial charge in [0, 0.05) is 10.0 Å². The van der Waals surface area contributed by atoms with E-state index in [-0.39, 0.29) is 5.91 Å². The molecular weight excluding hydrogens is 340 g/mol. The van der Waals surface area contributed by atoms with Crippen molar-refractivity contribution in [3.63, 3.8) is 0 Å². The second-order valence-electron chi connectivity index (χ2n) is 4.89. The molecule has 1 unspecified atom stereocenters. The summed E-state index contributed by atoms with van der Waals surface area (Å²) in [5, 5.41) is 2.76. The fourth-order valence-electron chi connectivity index (χ4n) is 2.01. The van der Waals surface area contributed by atoms with Crippen molar-refractivity contribution in [3.8, 4) is 0 Å². The molecule has 2 nitrogen and oxygen atoms in total. The highest BCUT2D eigenvalue weighted by atomic mass is 79.9. The van der Waals surface area contributed by atoms with Gasteiger partial charge in [-0.25, -0.2) is 8.78 Å². The molecule has 0 spiro atoms. The number of carbonyl (C=O) groups excluding carboxylic acids is 1.